The lowest BCUT2D eigenvalue weighted by molar-refractivity contribution is -0.123. The van der Waals surface area contributed by atoms with Gasteiger partial charge in [0.2, 0.25) is 5.91 Å². The Kier molecular flexibility index (Phi) is 5.95. The van der Waals surface area contributed by atoms with E-state index in [1.807, 2.05) is 44.2 Å². The van der Waals surface area contributed by atoms with E-state index in [2.05, 4.69) is 15.5 Å². The zero-order chi connectivity index (χ0) is 15.9. The molecule has 0 aliphatic carbocycles. The molecule has 0 saturated carbocycles. The molecule has 5 heteroatoms. The Morgan fingerprint density at radius 2 is 1.82 bits per heavy atom. The summed E-state index contributed by atoms with van der Waals surface area (Å²) in [4.78, 5) is 26.0. The van der Waals surface area contributed by atoms with Gasteiger partial charge in [-0.1, -0.05) is 18.2 Å². The van der Waals surface area contributed by atoms with Gasteiger partial charge in [0, 0.05) is 30.7 Å². The van der Waals surface area contributed by atoms with Crippen molar-refractivity contribution >= 4 is 11.8 Å². The summed E-state index contributed by atoms with van der Waals surface area (Å²) in [6, 6.07) is 9.64. The summed E-state index contributed by atoms with van der Waals surface area (Å²) >= 11 is 0. The molecule has 5 nitrogen and oxygen atoms in total. The van der Waals surface area contributed by atoms with E-state index in [9.17, 15) is 9.59 Å². The highest BCUT2D eigenvalue weighted by molar-refractivity contribution is 5.94. The molecule has 0 spiro atoms. The molecule has 1 aliphatic rings. The first-order chi connectivity index (χ1) is 10.5. The van der Waals surface area contributed by atoms with Gasteiger partial charge in [-0.05, 0) is 38.8 Å². The summed E-state index contributed by atoms with van der Waals surface area (Å²) < 4.78 is 0. The number of nitrogens with one attached hydrogen (secondary N) is 2. The lowest BCUT2D eigenvalue weighted by atomic mass is 10.0. The second-order valence-corrected chi connectivity index (χ2v) is 6.11. The summed E-state index contributed by atoms with van der Waals surface area (Å²) in [5.41, 5.74) is 0.696. The standard InChI is InChI=1S/C17H25N3O2/c1-13(2)18-16(21)12-20-10-8-15(9-11-20)19-17(22)14-6-4-3-5-7-14/h3-7,13,15H,8-12H2,1-2H3,(H,18,21)(H,19,22). The van der Waals surface area contributed by atoms with Crippen molar-refractivity contribution in [3.8, 4) is 0 Å². The molecule has 2 amide bonds. The molecular weight excluding hydrogens is 278 g/mol. The first-order valence-electron chi connectivity index (χ1n) is 7.92. The molecule has 0 atom stereocenters. The van der Waals surface area contributed by atoms with Gasteiger partial charge in [0.15, 0.2) is 0 Å². The van der Waals surface area contributed by atoms with Crippen LogP contribution in [-0.2, 0) is 4.79 Å². The van der Waals surface area contributed by atoms with Crippen molar-refractivity contribution in [3.05, 3.63) is 35.9 Å². The van der Waals surface area contributed by atoms with Gasteiger partial charge in [-0.15, -0.1) is 0 Å². The molecule has 1 heterocycles. The molecule has 0 bridgehead atoms. The average molecular weight is 303 g/mol. The predicted octanol–water partition coefficient (Wildman–Crippen LogP) is 1.41. The van der Waals surface area contributed by atoms with Crippen LogP contribution in [0.15, 0.2) is 30.3 Å². The number of nitrogens with zero attached hydrogens (tertiary/aromatic N) is 1. The monoisotopic (exact) mass is 303 g/mol. The number of likely N-dealkylation sites (tertiary alicyclic amines) is 1. The summed E-state index contributed by atoms with van der Waals surface area (Å²) in [5.74, 6) is 0.0540. The maximum Gasteiger partial charge on any atom is 0.251 e. The number of piperidine rings is 1. The van der Waals surface area contributed by atoms with Crippen LogP contribution < -0.4 is 10.6 Å². The Morgan fingerprint density at radius 3 is 2.41 bits per heavy atom. The molecule has 2 rings (SSSR count). The van der Waals surface area contributed by atoms with Gasteiger partial charge in [-0.2, -0.15) is 0 Å². The van der Waals surface area contributed by atoms with Gasteiger partial charge < -0.3 is 10.6 Å². The van der Waals surface area contributed by atoms with Crippen molar-refractivity contribution in [3.63, 3.8) is 0 Å². The molecule has 2 N–H and O–H groups in total. The van der Waals surface area contributed by atoms with Crippen LogP contribution in [0.1, 0.15) is 37.0 Å². The molecule has 0 unspecified atom stereocenters. The minimum Gasteiger partial charge on any atom is -0.353 e. The van der Waals surface area contributed by atoms with Gasteiger partial charge in [-0.3, -0.25) is 14.5 Å². The Balaban J connectivity index is 1.73. The summed E-state index contributed by atoms with van der Waals surface area (Å²) in [6.07, 6.45) is 1.76. The van der Waals surface area contributed by atoms with Gasteiger partial charge in [0.05, 0.1) is 6.54 Å². The Bertz CT molecular complexity index is 494. The summed E-state index contributed by atoms with van der Waals surface area (Å²) in [6.45, 7) is 6.04. The largest absolute Gasteiger partial charge is 0.353 e. The molecular formula is C17H25N3O2. The van der Waals surface area contributed by atoms with Gasteiger partial charge in [-0.25, -0.2) is 0 Å². The Labute approximate surface area is 132 Å². The zero-order valence-corrected chi connectivity index (χ0v) is 13.3. The molecule has 22 heavy (non-hydrogen) atoms. The van der Waals surface area contributed by atoms with Crippen LogP contribution in [0.25, 0.3) is 0 Å². The van der Waals surface area contributed by atoms with Crippen molar-refractivity contribution < 1.29 is 9.59 Å². The zero-order valence-electron chi connectivity index (χ0n) is 13.3. The molecule has 0 radical (unpaired) electrons. The molecule has 0 aromatic heterocycles. The van der Waals surface area contributed by atoms with Crippen molar-refractivity contribution in [2.45, 2.75) is 38.8 Å². The number of carbonyl (C=O) groups excluding carboxylic acids is 2. The van der Waals surface area contributed by atoms with Crippen LogP contribution in [0.2, 0.25) is 0 Å². The minimum absolute atomic E-state index is 0.0170. The van der Waals surface area contributed by atoms with E-state index < -0.39 is 0 Å². The van der Waals surface area contributed by atoms with Crippen LogP contribution in [0.5, 0.6) is 0 Å². The van der Waals surface area contributed by atoms with E-state index >= 15 is 0 Å². The van der Waals surface area contributed by atoms with E-state index in [1.165, 1.54) is 0 Å². The highest BCUT2D eigenvalue weighted by Crippen LogP contribution is 2.11. The highest BCUT2D eigenvalue weighted by Gasteiger charge is 2.22. The van der Waals surface area contributed by atoms with Crippen molar-refractivity contribution in [1.82, 2.24) is 15.5 Å². The number of amides is 2. The molecule has 1 aromatic carbocycles. The van der Waals surface area contributed by atoms with E-state index in [0.717, 1.165) is 25.9 Å². The second kappa shape index (κ2) is 7.94. The number of hydrogen-bond acceptors (Lipinski definition) is 3. The predicted molar refractivity (Wildman–Crippen MR) is 86.6 cm³/mol. The molecule has 1 aliphatic heterocycles. The first kappa shape index (κ1) is 16.5. The van der Waals surface area contributed by atoms with Crippen molar-refractivity contribution in [1.29, 1.82) is 0 Å². The summed E-state index contributed by atoms with van der Waals surface area (Å²) in [5, 5.41) is 5.98. The Hall–Kier alpha value is -1.88. The van der Waals surface area contributed by atoms with Crippen molar-refractivity contribution in [2.75, 3.05) is 19.6 Å². The fourth-order valence-corrected chi connectivity index (χ4v) is 2.66. The fraction of sp³-hybridized carbons (Fsp3) is 0.529. The van der Waals surface area contributed by atoms with Crippen LogP contribution in [-0.4, -0.2) is 48.4 Å². The van der Waals surface area contributed by atoms with E-state index in [4.69, 9.17) is 0 Å². The number of hydrogen-bond donors (Lipinski definition) is 2. The third kappa shape index (κ3) is 5.15. The normalized spacial score (nSPS) is 16.5. The van der Waals surface area contributed by atoms with Crippen LogP contribution >= 0.6 is 0 Å². The first-order valence-corrected chi connectivity index (χ1v) is 7.92. The average Bonchev–Trinajstić information content (AvgIpc) is 2.49. The van der Waals surface area contributed by atoms with E-state index in [1.54, 1.807) is 0 Å². The second-order valence-electron chi connectivity index (χ2n) is 6.11. The SMILES string of the molecule is CC(C)NC(=O)CN1CCC(NC(=O)c2ccccc2)CC1. The van der Waals surface area contributed by atoms with Crippen LogP contribution in [0.4, 0.5) is 0 Å². The number of rotatable bonds is 5. The van der Waals surface area contributed by atoms with E-state index in [-0.39, 0.29) is 23.9 Å². The van der Waals surface area contributed by atoms with E-state index in [0.29, 0.717) is 12.1 Å². The maximum atomic E-state index is 12.1. The maximum absolute atomic E-state index is 12.1. The lowest BCUT2D eigenvalue weighted by Crippen LogP contribution is -2.48. The van der Waals surface area contributed by atoms with Crippen LogP contribution in [0, 0.1) is 0 Å². The molecule has 120 valence electrons. The lowest BCUT2D eigenvalue weighted by Gasteiger charge is -2.32. The quantitative estimate of drug-likeness (QED) is 0.864. The topological polar surface area (TPSA) is 61.4 Å². The number of benzene rings is 1. The highest BCUT2D eigenvalue weighted by atomic mass is 16.2. The van der Waals surface area contributed by atoms with Gasteiger partial charge >= 0.3 is 0 Å². The number of carbonyl (C=O) groups is 2. The minimum atomic E-state index is -0.0170. The Morgan fingerprint density at radius 1 is 1.18 bits per heavy atom. The smallest absolute Gasteiger partial charge is 0.251 e. The summed E-state index contributed by atoms with van der Waals surface area (Å²) in [7, 11) is 0. The third-order valence-corrected chi connectivity index (χ3v) is 3.78. The van der Waals surface area contributed by atoms with Gasteiger partial charge in [0.1, 0.15) is 0 Å². The molecule has 1 saturated heterocycles. The van der Waals surface area contributed by atoms with Crippen LogP contribution in [0.3, 0.4) is 0 Å². The third-order valence-electron chi connectivity index (χ3n) is 3.78. The fourth-order valence-electron chi connectivity index (χ4n) is 2.66. The molecule has 1 aromatic rings. The molecule has 1 fully saturated rings. The van der Waals surface area contributed by atoms with Crippen molar-refractivity contribution in [2.24, 2.45) is 0 Å². The van der Waals surface area contributed by atoms with Gasteiger partial charge in [0.25, 0.3) is 5.91 Å².